The number of hydrogen-bond donors (Lipinski definition) is 1. The van der Waals surface area contributed by atoms with Crippen LogP contribution in [0.15, 0.2) is 90.5 Å². The van der Waals surface area contributed by atoms with Gasteiger partial charge in [-0.05, 0) is 41.5 Å². The number of methoxy groups -OCH3 is 1. The minimum absolute atomic E-state index is 0.0120. The third-order valence-electron chi connectivity index (χ3n) is 5.49. The van der Waals surface area contributed by atoms with Crippen LogP contribution in [0.1, 0.15) is 17.2 Å². The number of thiazole rings is 1. The minimum atomic E-state index is -0.864. The third-order valence-corrected chi connectivity index (χ3v) is 6.51. The molecular weight excluding hydrogens is 450 g/mol. The molecule has 1 aliphatic rings. The molecule has 0 radical (unpaired) electrons. The highest BCUT2D eigenvalue weighted by atomic mass is 32.1. The molecule has 1 aliphatic heterocycles. The van der Waals surface area contributed by atoms with Gasteiger partial charge in [-0.3, -0.25) is 19.5 Å². The first-order chi connectivity index (χ1) is 16.6. The molecule has 8 heteroatoms. The summed E-state index contributed by atoms with van der Waals surface area (Å²) in [5.74, 6) is -1.07. The van der Waals surface area contributed by atoms with E-state index < -0.39 is 23.5 Å². The van der Waals surface area contributed by atoms with Gasteiger partial charge in [0.15, 0.2) is 16.7 Å². The first kappa shape index (κ1) is 21.5. The molecule has 2 aromatic carbocycles. The van der Waals surface area contributed by atoms with Crippen molar-refractivity contribution < 1.29 is 19.4 Å². The summed E-state index contributed by atoms with van der Waals surface area (Å²) >= 11 is 1.28. The second-order valence-electron chi connectivity index (χ2n) is 7.56. The van der Waals surface area contributed by atoms with Gasteiger partial charge in [-0.2, -0.15) is 0 Å². The lowest BCUT2D eigenvalue weighted by Gasteiger charge is -2.23. The summed E-state index contributed by atoms with van der Waals surface area (Å²) in [6, 6.07) is 17.4. The SMILES string of the molecule is COc1ccc2nc(N3C(=O)C(O)=C(C(=O)C=Cc4ccccc4)C3c3cccnc3)sc2c1. The highest BCUT2D eigenvalue weighted by molar-refractivity contribution is 7.22. The molecule has 0 spiro atoms. The van der Waals surface area contributed by atoms with Crippen LogP contribution in [-0.2, 0) is 9.59 Å². The van der Waals surface area contributed by atoms with E-state index in [1.807, 2.05) is 36.4 Å². The second-order valence-corrected chi connectivity index (χ2v) is 8.57. The first-order valence-electron chi connectivity index (χ1n) is 10.5. The van der Waals surface area contributed by atoms with Crippen LogP contribution in [0.4, 0.5) is 5.13 Å². The van der Waals surface area contributed by atoms with Gasteiger partial charge in [0.25, 0.3) is 5.91 Å². The number of aliphatic hydroxyl groups excluding tert-OH is 1. The number of carbonyl (C=O) groups is 2. The van der Waals surface area contributed by atoms with Gasteiger partial charge in [-0.1, -0.05) is 53.8 Å². The molecule has 34 heavy (non-hydrogen) atoms. The van der Waals surface area contributed by atoms with Crippen molar-refractivity contribution in [3.63, 3.8) is 0 Å². The number of aliphatic hydroxyl groups is 1. The molecule has 1 N–H and O–H groups in total. The number of ether oxygens (including phenoxy) is 1. The van der Waals surface area contributed by atoms with Crippen molar-refractivity contribution in [2.75, 3.05) is 12.0 Å². The molecule has 0 saturated heterocycles. The maximum absolute atomic E-state index is 13.3. The highest BCUT2D eigenvalue weighted by Crippen LogP contribution is 2.43. The van der Waals surface area contributed by atoms with Gasteiger partial charge < -0.3 is 9.84 Å². The molecule has 4 aromatic rings. The maximum Gasteiger partial charge on any atom is 0.296 e. The molecule has 1 atom stereocenters. The van der Waals surface area contributed by atoms with Crippen LogP contribution in [0.2, 0.25) is 0 Å². The molecule has 5 rings (SSSR count). The van der Waals surface area contributed by atoms with E-state index in [0.29, 0.717) is 22.0 Å². The smallest absolute Gasteiger partial charge is 0.296 e. The minimum Gasteiger partial charge on any atom is -0.503 e. The molecule has 0 saturated carbocycles. The maximum atomic E-state index is 13.3. The summed E-state index contributed by atoms with van der Waals surface area (Å²) in [6.45, 7) is 0. The van der Waals surface area contributed by atoms with Gasteiger partial charge >= 0.3 is 0 Å². The normalized spacial score (nSPS) is 16.1. The van der Waals surface area contributed by atoms with E-state index in [1.54, 1.807) is 49.8 Å². The van der Waals surface area contributed by atoms with Gasteiger partial charge in [0.1, 0.15) is 5.75 Å². The fraction of sp³-hybridized carbons (Fsp3) is 0.0769. The van der Waals surface area contributed by atoms with E-state index in [-0.39, 0.29) is 5.57 Å². The van der Waals surface area contributed by atoms with E-state index in [0.717, 1.165) is 10.3 Å². The summed E-state index contributed by atoms with van der Waals surface area (Å²) in [5, 5.41) is 11.2. The van der Waals surface area contributed by atoms with E-state index in [9.17, 15) is 14.7 Å². The van der Waals surface area contributed by atoms with E-state index in [2.05, 4.69) is 9.97 Å². The summed E-state index contributed by atoms with van der Waals surface area (Å²) in [4.78, 5) is 36.6. The van der Waals surface area contributed by atoms with Crippen molar-refractivity contribution in [3.8, 4) is 5.75 Å². The Labute approximate surface area is 199 Å². The number of amides is 1. The van der Waals surface area contributed by atoms with Crippen molar-refractivity contribution in [3.05, 3.63) is 102 Å². The first-order valence-corrected chi connectivity index (χ1v) is 11.3. The van der Waals surface area contributed by atoms with Gasteiger partial charge in [0.2, 0.25) is 0 Å². The largest absolute Gasteiger partial charge is 0.503 e. The molecular formula is C26H19N3O4S. The van der Waals surface area contributed by atoms with Crippen LogP contribution >= 0.6 is 11.3 Å². The number of benzene rings is 2. The Morgan fingerprint density at radius 2 is 1.97 bits per heavy atom. The molecule has 2 aromatic heterocycles. The lowest BCUT2D eigenvalue weighted by molar-refractivity contribution is -0.117. The van der Waals surface area contributed by atoms with Gasteiger partial charge in [-0.25, -0.2) is 4.98 Å². The third kappa shape index (κ3) is 3.84. The van der Waals surface area contributed by atoms with Gasteiger partial charge in [-0.15, -0.1) is 0 Å². The van der Waals surface area contributed by atoms with E-state index in [4.69, 9.17) is 4.74 Å². The zero-order valence-corrected chi connectivity index (χ0v) is 18.9. The summed E-state index contributed by atoms with van der Waals surface area (Å²) < 4.78 is 6.10. The zero-order valence-electron chi connectivity index (χ0n) is 18.1. The standard InChI is InChI=1S/C26H19N3O4S/c1-33-18-10-11-19-21(14-18)34-26(28-19)29-23(17-8-5-13-27-15-17)22(24(31)25(29)32)20(30)12-9-16-6-3-2-4-7-16/h2-15,23,31H,1H3. The summed E-state index contributed by atoms with van der Waals surface area (Å²) in [5.41, 5.74) is 2.09. The Balaban J connectivity index is 1.59. The Hall–Kier alpha value is -4.30. The lowest BCUT2D eigenvalue weighted by Crippen LogP contribution is -2.30. The highest BCUT2D eigenvalue weighted by Gasteiger charge is 2.45. The number of carbonyl (C=O) groups excluding carboxylic acids is 2. The molecule has 1 amide bonds. The molecule has 168 valence electrons. The summed E-state index contributed by atoms with van der Waals surface area (Å²) in [7, 11) is 1.58. The molecule has 3 heterocycles. The van der Waals surface area contributed by atoms with E-state index in [1.165, 1.54) is 22.3 Å². The van der Waals surface area contributed by atoms with Crippen molar-refractivity contribution in [2.45, 2.75) is 6.04 Å². The van der Waals surface area contributed by atoms with Crippen molar-refractivity contribution in [2.24, 2.45) is 0 Å². The Kier molecular flexibility index (Phi) is 5.65. The predicted octanol–water partition coefficient (Wildman–Crippen LogP) is 4.88. The topological polar surface area (TPSA) is 92.6 Å². The van der Waals surface area contributed by atoms with Crippen LogP contribution in [0.3, 0.4) is 0 Å². The monoisotopic (exact) mass is 469 g/mol. The van der Waals surface area contributed by atoms with Crippen LogP contribution < -0.4 is 9.64 Å². The van der Waals surface area contributed by atoms with E-state index >= 15 is 0 Å². The summed E-state index contributed by atoms with van der Waals surface area (Å²) in [6.07, 6.45) is 6.20. The second kappa shape index (κ2) is 8.92. The Morgan fingerprint density at radius 1 is 1.15 bits per heavy atom. The number of rotatable bonds is 6. The Bertz CT molecular complexity index is 1440. The quantitative estimate of drug-likeness (QED) is 0.405. The van der Waals surface area contributed by atoms with Crippen molar-refractivity contribution in [1.82, 2.24) is 9.97 Å². The molecule has 0 fully saturated rings. The van der Waals surface area contributed by atoms with Crippen LogP contribution in [-0.4, -0.2) is 33.9 Å². The number of allylic oxidation sites excluding steroid dienone is 1. The van der Waals surface area contributed by atoms with Crippen LogP contribution in [0.5, 0.6) is 5.75 Å². The number of aromatic nitrogens is 2. The van der Waals surface area contributed by atoms with Crippen LogP contribution in [0, 0.1) is 0 Å². The number of fused-ring (bicyclic) bond motifs is 1. The number of ketones is 1. The fourth-order valence-corrected chi connectivity index (χ4v) is 4.88. The molecule has 0 bridgehead atoms. The molecule has 1 unspecified atom stereocenters. The fourth-order valence-electron chi connectivity index (χ4n) is 3.86. The van der Waals surface area contributed by atoms with Crippen molar-refractivity contribution >= 4 is 44.5 Å². The lowest BCUT2D eigenvalue weighted by atomic mass is 9.97. The average molecular weight is 470 g/mol. The van der Waals surface area contributed by atoms with Crippen LogP contribution in [0.25, 0.3) is 16.3 Å². The number of pyridine rings is 1. The number of anilines is 1. The van der Waals surface area contributed by atoms with Crippen molar-refractivity contribution in [1.29, 1.82) is 0 Å². The average Bonchev–Trinajstić information content (AvgIpc) is 3.41. The number of nitrogens with zero attached hydrogens (tertiary/aromatic N) is 3. The van der Waals surface area contributed by atoms with Gasteiger partial charge in [0, 0.05) is 12.4 Å². The Morgan fingerprint density at radius 3 is 2.71 bits per heavy atom. The zero-order chi connectivity index (χ0) is 23.7. The predicted molar refractivity (Wildman–Crippen MR) is 131 cm³/mol. The molecule has 0 aliphatic carbocycles. The van der Waals surface area contributed by atoms with Gasteiger partial charge in [0.05, 0.1) is 28.9 Å². The number of hydrogen-bond acceptors (Lipinski definition) is 7. The molecule has 7 nitrogen and oxygen atoms in total.